The van der Waals surface area contributed by atoms with Crippen LogP contribution in [-0.4, -0.2) is 19.3 Å². The number of hydrogen-bond acceptors (Lipinski definition) is 3. The molecule has 104 valence electrons. The van der Waals surface area contributed by atoms with Gasteiger partial charge in [0, 0.05) is 12.0 Å². The zero-order chi connectivity index (χ0) is 13.1. The first-order valence-corrected chi connectivity index (χ1v) is 7.25. The van der Waals surface area contributed by atoms with Crippen LogP contribution in [0.4, 0.5) is 0 Å². The van der Waals surface area contributed by atoms with Crippen molar-refractivity contribution in [2.24, 2.45) is 0 Å². The number of methoxy groups -OCH3 is 1. The standard InChI is InChI=1S/C16H22O3/c1-17-14-7-5-13(6-8-14)15-18-12-11-16(19-15)9-3-2-4-10-16/h5-8,15H,2-4,9-12H2,1H3/t15-/m0/s1. The predicted molar refractivity (Wildman–Crippen MR) is 73.2 cm³/mol. The van der Waals surface area contributed by atoms with Crippen LogP contribution in [0.2, 0.25) is 0 Å². The van der Waals surface area contributed by atoms with E-state index in [1.54, 1.807) is 7.11 Å². The molecule has 3 nitrogen and oxygen atoms in total. The fourth-order valence-corrected chi connectivity index (χ4v) is 3.16. The molecule has 1 aromatic rings. The third kappa shape index (κ3) is 2.77. The Bertz CT molecular complexity index is 401. The van der Waals surface area contributed by atoms with Gasteiger partial charge < -0.3 is 14.2 Å². The molecule has 1 spiro atoms. The van der Waals surface area contributed by atoms with Gasteiger partial charge in [-0.1, -0.05) is 31.4 Å². The van der Waals surface area contributed by atoms with Crippen molar-refractivity contribution in [1.82, 2.24) is 0 Å². The van der Waals surface area contributed by atoms with Crippen LogP contribution in [0.3, 0.4) is 0 Å². The van der Waals surface area contributed by atoms with E-state index in [0.29, 0.717) is 0 Å². The van der Waals surface area contributed by atoms with Crippen molar-refractivity contribution in [1.29, 1.82) is 0 Å². The lowest BCUT2D eigenvalue weighted by Crippen LogP contribution is -2.41. The lowest BCUT2D eigenvalue weighted by Gasteiger charge is -2.43. The van der Waals surface area contributed by atoms with Crippen LogP contribution in [0.1, 0.15) is 50.4 Å². The summed E-state index contributed by atoms with van der Waals surface area (Å²) in [6, 6.07) is 7.99. The van der Waals surface area contributed by atoms with Crippen LogP contribution in [0.15, 0.2) is 24.3 Å². The third-order valence-electron chi connectivity index (χ3n) is 4.34. The van der Waals surface area contributed by atoms with E-state index >= 15 is 0 Å². The highest BCUT2D eigenvalue weighted by Gasteiger charge is 2.39. The van der Waals surface area contributed by atoms with E-state index in [1.807, 2.05) is 24.3 Å². The second-order valence-electron chi connectivity index (χ2n) is 5.59. The highest BCUT2D eigenvalue weighted by molar-refractivity contribution is 5.28. The van der Waals surface area contributed by atoms with Crippen molar-refractivity contribution < 1.29 is 14.2 Å². The molecule has 19 heavy (non-hydrogen) atoms. The van der Waals surface area contributed by atoms with Crippen LogP contribution >= 0.6 is 0 Å². The number of hydrogen-bond donors (Lipinski definition) is 0. The molecule has 0 radical (unpaired) electrons. The first kappa shape index (κ1) is 12.9. The molecule has 0 aromatic heterocycles. The van der Waals surface area contributed by atoms with E-state index in [0.717, 1.165) is 24.3 Å². The van der Waals surface area contributed by atoms with Gasteiger partial charge in [0.2, 0.25) is 0 Å². The smallest absolute Gasteiger partial charge is 0.184 e. The Morgan fingerprint density at radius 1 is 1.05 bits per heavy atom. The molecule has 2 aliphatic rings. The van der Waals surface area contributed by atoms with Gasteiger partial charge in [-0.2, -0.15) is 0 Å². The highest BCUT2D eigenvalue weighted by Crippen LogP contribution is 2.42. The molecule has 1 atom stereocenters. The van der Waals surface area contributed by atoms with Crippen molar-refractivity contribution >= 4 is 0 Å². The van der Waals surface area contributed by atoms with Crippen LogP contribution in [-0.2, 0) is 9.47 Å². The molecule has 0 amide bonds. The highest BCUT2D eigenvalue weighted by atomic mass is 16.7. The second kappa shape index (κ2) is 5.51. The molecule has 3 heteroatoms. The van der Waals surface area contributed by atoms with Crippen molar-refractivity contribution in [3.63, 3.8) is 0 Å². The van der Waals surface area contributed by atoms with Gasteiger partial charge in [0.05, 0.1) is 19.3 Å². The Morgan fingerprint density at radius 3 is 2.47 bits per heavy atom. The summed E-state index contributed by atoms with van der Waals surface area (Å²) in [7, 11) is 1.68. The normalized spacial score (nSPS) is 26.3. The van der Waals surface area contributed by atoms with Crippen molar-refractivity contribution in [3.05, 3.63) is 29.8 Å². The van der Waals surface area contributed by atoms with E-state index in [2.05, 4.69) is 0 Å². The largest absolute Gasteiger partial charge is 0.497 e. The summed E-state index contributed by atoms with van der Waals surface area (Å²) in [4.78, 5) is 0. The van der Waals surface area contributed by atoms with E-state index in [-0.39, 0.29) is 11.9 Å². The summed E-state index contributed by atoms with van der Waals surface area (Å²) < 4.78 is 17.3. The van der Waals surface area contributed by atoms with E-state index < -0.39 is 0 Å². The number of rotatable bonds is 2. The summed E-state index contributed by atoms with van der Waals surface area (Å²) in [5.74, 6) is 0.868. The van der Waals surface area contributed by atoms with Gasteiger partial charge in [0.15, 0.2) is 6.29 Å². The van der Waals surface area contributed by atoms with E-state index in [1.165, 1.54) is 32.1 Å². The molecule has 1 aliphatic heterocycles. The zero-order valence-corrected chi connectivity index (χ0v) is 11.6. The Morgan fingerprint density at radius 2 is 1.79 bits per heavy atom. The first-order chi connectivity index (χ1) is 9.31. The quantitative estimate of drug-likeness (QED) is 0.810. The first-order valence-electron chi connectivity index (χ1n) is 7.25. The van der Waals surface area contributed by atoms with E-state index in [9.17, 15) is 0 Å². The average molecular weight is 262 g/mol. The molecule has 0 unspecified atom stereocenters. The Labute approximate surface area is 114 Å². The van der Waals surface area contributed by atoms with Gasteiger partial charge in [-0.05, 0) is 25.0 Å². The molecular weight excluding hydrogens is 240 g/mol. The maximum absolute atomic E-state index is 6.31. The molecule has 1 aromatic carbocycles. The molecule has 0 bridgehead atoms. The van der Waals surface area contributed by atoms with Gasteiger partial charge in [-0.25, -0.2) is 0 Å². The minimum Gasteiger partial charge on any atom is -0.497 e. The lowest BCUT2D eigenvalue weighted by molar-refractivity contribution is -0.269. The minimum atomic E-state index is -0.210. The summed E-state index contributed by atoms with van der Waals surface area (Å²) in [6.45, 7) is 0.802. The molecular formula is C16H22O3. The Hall–Kier alpha value is -1.06. The summed E-state index contributed by atoms with van der Waals surface area (Å²) in [5, 5.41) is 0. The molecule has 1 saturated heterocycles. The van der Waals surface area contributed by atoms with Gasteiger partial charge in [0.1, 0.15) is 5.75 Å². The van der Waals surface area contributed by atoms with Crippen molar-refractivity contribution in [2.75, 3.05) is 13.7 Å². The maximum Gasteiger partial charge on any atom is 0.184 e. The van der Waals surface area contributed by atoms with Gasteiger partial charge in [-0.15, -0.1) is 0 Å². The van der Waals surface area contributed by atoms with Gasteiger partial charge >= 0.3 is 0 Å². The molecule has 2 fully saturated rings. The maximum atomic E-state index is 6.31. The number of benzene rings is 1. The van der Waals surface area contributed by atoms with Crippen LogP contribution in [0.5, 0.6) is 5.75 Å². The molecule has 3 rings (SSSR count). The Balaban J connectivity index is 1.73. The SMILES string of the molecule is COc1ccc([C@H]2OCCC3(CCCCC3)O2)cc1. The van der Waals surface area contributed by atoms with Gasteiger partial charge in [0.25, 0.3) is 0 Å². The van der Waals surface area contributed by atoms with E-state index in [4.69, 9.17) is 14.2 Å². The lowest BCUT2D eigenvalue weighted by atomic mass is 9.82. The Kier molecular flexibility index (Phi) is 3.76. The van der Waals surface area contributed by atoms with Crippen LogP contribution < -0.4 is 4.74 Å². The summed E-state index contributed by atoms with van der Waals surface area (Å²) >= 11 is 0. The molecule has 1 aliphatic carbocycles. The topological polar surface area (TPSA) is 27.7 Å². The predicted octanol–water partition coefficient (Wildman–Crippen LogP) is 3.83. The minimum absolute atomic E-state index is 0.0705. The molecule has 0 N–H and O–H groups in total. The summed E-state index contributed by atoms with van der Waals surface area (Å²) in [5.41, 5.74) is 1.16. The summed E-state index contributed by atoms with van der Waals surface area (Å²) in [6.07, 6.45) is 7.12. The monoisotopic (exact) mass is 262 g/mol. The number of ether oxygens (including phenoxy) is 3. The fourth-order valence-electron chi connectivity index (χ4n) is 3.16. The molecule has 1 saturated carbocycles. The van der Waals surface area contributed by atoms with Crippen molar-refractivity contribution in [3.8, 4) is 5.75 Å². The fraction of sp³-hybridized carbons (Fsp3) is 0.625. The zero-order valence-electron chi connectivity index (χ0n) is 11.6. The van der Waals surface area contributed by atoms with Crippen molar-refractivity contribution in [2.45, 2.75) is 50.4 Å². The molecule has 1 heterocycles. The van der Waals surface area contributed by atoms with Crippen LogP contribution in [0, 0.1) is 0 Å². The van der Waals surface area contributed by atoms with Crippen LogP contribution in [0.25, 0.3) is 0 Å². The third-order valence-corrected chi connectivity index (χ3v) is 4.34. The van der Waals surface area contributed by atoms with Gasteiger partial charge in [-0.3, -0.25) is 0 Å². The average Bonchev–Trinajstić information content (AvgIpc) is 2.48. The second-order valence-corrected chi connectivity index (χ2v) is 5.59.